The van der Waals surface area contributed by atoms with Crippen molar-refractivity contribution in [2.45, 2.75) is 58.3 Å². The molecule has 1 N–H and O–H groups in total. The molecule has 2 heteroatoms. The first-order valence-electron chi connectivity index (χ1n) is 7.73. The SMILES string of the molecule is CCCCCCCCCc1ccccc1C=CC(=O)O. The van der Waals surface area contributed by atoms with E-state index >= 15 is 0 Å². The van der Waals surface area contributed by atoms with E-state index in [1.807, 2.05) is 18.2 Å². The maximum absolute atomic E-state index is 10.6. The van der Waals surface area contributed by atoms with E-state index in [0.717, 1.165) is 12.0 Å². The zero-order valence-electron chi connectivity index (χ0n) is 12.5. The lowest BCUT2D eigenvalue weighted by molar-refractivity contribution is -0.131. The number of carboxylic acid groups (broad SMARTS) is 1. The van der Waals surface area contributed by atoms with Crippen molar-refractivity contribution in [2.24, 2.45) is 0 Å². The molecule has 0 aliphatic carbocycles. The van der Waals surface area contributed by atoms with Crippen LogP contribution in [0.5, 0.6) is 0 Å². The lowest BCUT2D eigenvalue weighted by Gasteiger charge is -2.06. The number of hydrogen-bond donors (Lipinski definition) is 1. The third-order valence-electron chi connectivity index (χ3n) is 3.51. The molecule has 2 nitrogen and oxygen atoms in total. The largest absolute Gasteiger partial charge is 0.478 e. The van der Waals surface area contributed by atoms with Gasteiger partial charge in [-0.2, -0.15) is 0 Å². The molecule has 110 valence electrons. The first-order chi connectivity index (χ1) is 9.74. The summed E-state index contributed by atoms with van der Waals surface area (Å²) in [5, 5.41) is 8.70. The molecule has 0 heterocycles. The monoisotopic (exact) mass is 274 g/mol. The lowest BCUT2D eigenvalue weighted by atomic mass is 10.00. The summed E-state index contributed by atoms with van der Waals surface area (Å²) in [6.45, 7) is 2.24. The van der Waals surface area contributed by atoms with Gasteiger partial charge < -0.3 is 5.11 Å². The van der Waals surface area contributed by atoms with E-state index in [1.165, 1.54) is 56.6 Å². The number of unbranched alkanes of at least 4 members (excludes halogenated alkanes) is 6. The van der Waals surface area contributed by atoms with Gasteiger partial charge in [0.1, 0.15) is 0 Å². The van der Waals surface area contributed by atoms with Crippen LogP contribution in [0, 0.1) is 0 Å². The normalized spacial score (nSPS) is 11.1. The van der Waals surface area contributed by atoms with Crippen molar-refractivity contribution in [1.82, 2.24) is 0 Å². The molecule has 0 aliphatic heterocycles. The fraction of sp³-hybridized carbons (Fsp3) is 0.500. The smallest absolute Gasteiger partial charge is 0.328 e. The quantitative estimate of drug-likeness (QED) is 0.477. The van der Waals surface area contributed by atoms with Crippen molar-refractivity contribution in [2.75, 3.05) is 0 Å². The van der Waals surface area contributed by atoms with E-state index in [1.54, 1.807) is 6.08 Å². The topological polar surface area (TPSA) is 37.3 Å². The molecule has 0 unspecified atom stereocenters. The molecule has 1 rings (SSSR count). The van der Waals surface area contributed by atoms with E-state index in [4.69, 9.17) is 5.11 Å². The average molecular weight is 274 g/mol. The van der Waals surface area contributed by atoms with Crippen molar-refractivity contribution in [3.63, 3.8) is 0 Å². The predicted octanol–water partition coefficient (Wildman–Crippen LogP) is 5.08. The summed E-state index contributed by atoms with van der Waals surface area (Å²) < 4.78 is 0. The summed E-state index contributed by atoms with van der Waals surface area (Å²) >= 11 is 0. The van der Waals surface area contributed by atoms with Gasteiger partial charge >= 0.3 is 5.97 Å². The first-order valence-corrected chi connectivity index (χ1v) is 7.73. The predicted molar refractivity (Wildman–Crippen MR) is 84.8 cm³/mol. The fourth-order valence-corrected chi connectivity index (χ4v) is 2.36. The number of aryl methyl sites for hydroxylation is 1. The van der Waals surface area contributed by atoms with Gasteiger partial charge in [0.25, 0.3) is 0 Å². The summed E-state index contributed by atoms with van der Waals surface area (Å²) in [5.74, 6) is -0.893. The maximum atomic E-state index is 10.6. The molecule has 1 aromatic carbocycles. The van der Waals surface area contributed by atoms with Crippen molar-refractivity contribution in [1.29, 1.82) is 0 Å². The molecule has 0 aliphatic rings. The molecular weight excluding hydrogens is 248 g/mol. The van der Waals surface area contributed by atoms with Crippen LogP contribution in [0.25, 0.3) is 6.08 Å². The molecule has 0 radical (unpaired) electrons. The van der Waals surface area contributed by atoms with Crippen LogP contribution in [0.3, 0.4) is 0 Å². The highest BCUT2D eigenvalue weighted by Crippen LogP contribution is 2.15. The molecule has 0 saturated heterocycles. The van der Waals surface area contributed by atoms with Gasteiger partial charge in [0.15, 0.2) is 0 Å². The van der Waals surface area contributed by atoms with Gasteiger partial charge in [0.2, 0.25) is 0 Å². The number of carboxylic acids is 1. The van der Waals surface area contributed by atoms with Crippen LogP contribution in [0.2, 0.25) is 0 Å². The number of carbonyl (C=O) groups is 1. The number of rotatable bonds is 10. The third kappa shape index (κ3) is 7.13. The van der Waals surface area contributed by atoms with Gasteiger partial charge in [-0.05, 0) is 30.0 Å². The number of hydrogen-bond acceptors (Lipinski definition) is 1. The lowest BCUT2D eigenvalue weighted by Crippen LogP contribution is -1.92. The molecule has 1 aromatic rings. The Bertz CT molecular complexity index is 421. The highest BCUT2D eigenvalue weighted by atomic mass is 16.4. The number of aliphatic carboxylic acids is 1. The van der Waals surface area contributed by atoms with E-state index in [0.29, 0.717) is 0 Å². The highest BCUT2D eigenvalue weighted by molar-refractivity contribution is 5.85. The van der Waals surface area contributed by atoms with Gasteiger partial charge in [0.05, 0.1) is 0 Å². The molecular formula is C18H26O2. The van der Waals surface area contributed by atoms with Crippen LogP contribution in [-0.4, -0.2) is 11.1 Å². The molecule has 0 saturated carbocycles. The average Bonchev–Trinajstić information content (AvgIpc) is 2.45. The Morgan fingerprint density at radius 1 is 1.05 bits per heavy atom. The van der Waals surface area contributed by atoms with E-state index in [2.05, 4.69) is 13.0 Å². The molecule has 0 bridgehead atoms. The van der Waals surface area contributed by atoms with Gasteiger partial charge in [-0.1, -0.05) is 69.7 Å². The molecule has 20 heavy (non-hydrogen) atoms. The summed E-state index contributed by atoms with van der Waals surface area (Å²) in [4.78, 5) is 10.6. The minimum absolute atomic E-state index is 0.893. The van der Waals surface area contributed by atoms with Gasteiger partial charge in [-0.3, -0.25) is 0 Å². The second-order valence-corrected chi connectivity index (χ2v) is 5.24. The Hall–Kier alpha value is -1.57. The summed E-state index contributed by atoms with van der Waals surface area (Å²) in [5.41, 5.74) is 2.28. The summed E-state index contributed by atoms with van der Waals surface area (Å²) in [6.07, 6.45) is 13.0. The summed E-state index contributed by atoms with van der Waals surface area (Å²) in [6, 6.07) is 8.05. The van der Waals surface area contributed by atoms with Crippen molar-refractivity contribution >= 4 is 12.0 Å². The second-order valence-electron chi connectivity index (χ2n) is 5.24. The highest BCUT2D eigenvalue weighted by Gasteiger charge is 1.99. The van der Waals surface area contributed by atoms with Gasteiger partial charge in [-0.25, -0.2) is 4.79 Å². The Morgan fingerprint density at radius 2 is 1.70 bits per heavy atom. The van der Waals surface area contributed by atoms with E-state index < -0.39 is 5.97 Å². The standard InChI is InChI=1S/C18H26O2/c1-2-3-4-5-6-7-8-11-16-12-9-10-13-17(16)14-15-18(19)20/h9-10,12-15H,2-8,11H2,1H3,(H,19,20). The fourth-order valence-electron chi connectivity index (χ4n) is 2.36. The minimum Gasteiger partial charge on any atom is -0.478 e. The van der Waals surface area contributed by atoms with E-state index in [-0.39, 0.29) is 0 Å². The van der Waals surface area contributed by atoms with Crippen LogP contribution < -0.4 is 0 Å². The zero-order valence-corrected chi connectivity index (χ0v) is 12.5. The Morgan fingerprint density at radius 3 is 2.40 bits per heavy atom. The van der Waals surface area contributed by atoms with Gasteiger partial charge in [-0.15, -0.1) is 0 Å². The maximum Gasteiger partial charge on any atom is 0.328 e. The molecule has 0 aromatic heterocycles. The van der Waals surface area contributed by atoms with Gasteiger partial charge in [0, 0.05) is 6.08 Å². The van der Waals surface area contributed by atoms with Crippen LogP contribution in [0.4, 0.5) is 0 Å². The molecule has 0 fully saturated rings. The van der Waals surface area contributed by atoms with Crippen molar-refractivity contribution < 1.29 is 9.90 Å². The van der Waals surface area contributed by atoms with Crippen molar-refractivity contribution in [3.8, 4) is 0 Å². The third-order valence-corrected chi connectivity index (χ3v) is 3.51. The minimum atomic E-state index is -0.893. The van der Waals surface area contributed by atoms with Crippen LogP contribution in [0.15, 0.2) is 30.3 Å². The second kappa shape index (κ2) is 10.2. The first kappa shape index (κ1) is 16.5. The van der Waals surface area contributed by atoms with Crippen molar-refractivity contribution in [3.05, 3.63) is 41.5 Å². The molecule has 0 amide bonds. The molecule has 0 spiro atoms. The summed E-state index contributed by atoms with van der Waals surface area (Å²) in [7, 11) is 0. The number of benzene rings is 1. The van der Waals surface area contributed by atoms with Crippen LogP contribution >= 0.6 is 0 Å². The van der Waals surface area contributed by atoms with E-state index in [9.17, 15) is 4.79 Å². The Kier molecular flexibility index (Phi) is 8.44. The Balaban J connectivity index is 2.34. The van der Waals surface area contributed by atoms with Crippen LogP contribution in [-0.2, 0) is 11.2 Å². The molecule has 0 atom stereocenters. The zero-order chi connectivity index (χ0) is 14.6. The van der Waals surface area contributed by atoms with Crippen LogP contribution in [0.1, 0.15) is 63.0 Å². The Labute approximate surface area is 122 Å².